The summed E-state index contributed by atoms with van der Waals surface area (Å²) < 4.78 is 26.7. The van der Waals surface area contributed by atoms with Crippen LogP contribution in [0.15, 0.2) is 18.5 Å². The molecule has 2 aliphatic rings. The average Bonchev–Trinajstić information content (AvgIpc) is 3.18. The second-order valence-corrected chi connectivity index (χ2v) is 11.5. The van der Waals surface area contributed by atoms with E-state index in [4.69, 9.17) is 11.6 Å². The van der Waals surface area contributed by atoms with Gasteiger partial charge in [0.05, 0.1) is 17.5 Å². The van der Waals surface area contributed by atoms with Crippen molar-refractivity contribution in [3.05, 3.63) is 29.2 Å². The van der Waals surface area contributed by atoms with Crippen molar-refractivity contribution in [1.29, 1.82) is 0 Å². The number of piperidine rings is 1. The quantitative estimate of drug-likeness (QED) is 0.720. The largest absolute Gasteiger partial charge is 0.335 e. The van der Waals surface area contributed by atoms with Crippen molar-refractivity contribution in [3.63, 3.8) is 0 Å². The predicted octanol–water partition coefficient (Wildman–Crippen LogP) is 2.73. The molecule has 0 radical (unpaired) electrons. The third-order valence-corrected chi connectivity index (χ3v) is 7.42. The van der Waals surface area contributed by atoms with Gasteiger partial charge in [-0.1, -0.05) is 25.4 Å². The van der Waals surface area contributed by atoms with Crippen LogP contribution < -0.4 is 10.6 Å². The van der Waals surface area contributed by atoms with Crippen LogP contribution >= 0.6 is 11.6 Å². The van der Waals surface area contributed by atoms with E-state index < -0.39 is 10.0 Å². The standard InChI is InChI=1S/C20H27ClN6O3S/c1-20(2)9-17-15(10-23-27(17)12-20)14-8-18(22-11-16(14)21)25-19(28)24-13-4-6-26(7-5-13)31(3,29)30/h8,10-11,13H,4-7,9,12H2,1-3H3,(H2,22,24,25,28). The van der Waals surface area contributed by atoms with E-state index in [1.54, 1.807) is 6.07 Å². The number of nitrogens with one attached hydrogen (secondary N) is 2. The van der Waals surface area contributed by atoms with Gasteiger partial charge in [-0.2, -0.15) is 5.10 Å². The van der Waals surface area contributed by atoms with Crippen molar-refractivity contribution in [1.82, 2.24) is 24.4 Å². The third kappa shape index (κ3) is 4.86. The van der Waals surface area contributed by atoms with Gasteiger partial charge in [0.15, 0.2) is 0 Å². The number of halogens is 1. The molecule has 2 N–H and O–H groups in total. The molecule has 11 heteroatoms. The van der Waals surface area contributed by atoms with Crippen LogP contribution in [0.4, 0.5) is 10.6 Å². The Morgan fingerprint density at radius 3 is 2.61 bits per heavy atom. The molecular formula is C20H27ClN6O3S. The van der Waals surface area contributed by atoms with Gasteiger partial charge in [-0.15, -0.1) is 0 Å². The summed E-state index contributed by atoms with van der Waals surface area (Å²) in [7, 11) is -3.19. The number of fused-ring (bicyclic) bond motifs is 1. The van der Waals surface area contributed by atoms with Crippen LogP contribution in [-0.4, -0.2) is 58.9 Å². The van der Waals surface area contributed by atoms with E-state index in [2.05, 4.69) is 34.6 Å². The summed E-state index contributed by atoms with van der Waals surface area (Å²) >= 11 is 6.42. The SMILES string of the molecule is CC1(C)Cc2c(-c3cc(NC(=O)NC4CCN(S(C)(=O)=O)CC4)ncc3Cl)cnn2C1. The monoisotopic (exact) mass is 466 g/mol. The van der Waals surface area contributed by atoms with Crippen molar-refractivity contribution in [2.45, 2.75) is 45.7 Å². The second-order valence-electron chi connectivity index (χ2n) is 9.09. The van der Waals surface area contributed by atoms with E-state index in [1.165, 1.54) is 16.8 Å². The molecule has 2 amide bonds. The number of pyridine rings is 1. The molecule has 1 saturated heterocycles. The minimum Gasteiger partial charge on any atom is -0.335 e. The van der Waals surface area contributed by atoms with E-state index in [0.717, 1.165) is 29.8 Å². The Balaban J connectivity index is 1.43. The summed E-state index contributed by atoms with van der Waals surface area (Å²) in [5, 5.41) is 10.7. The van der Waals surface area contributed by atoms with Gasteiger partial charge in [0.25, 0.3) is 0 Å². The van der Waals surface area contributed by atoms with Crippen molar-refractivity contribution >= 4 is 33.5 Å². The van der Waals surface area contributed by atoms with E-state index in [0.29, 0.717) is 36.8 Å². The smallest absolute Gasteiger partial charge is 0.320 e. The number of amides is 2. The number of rotatable bonds is 4. The van der Waals surface area contributed by atoms with Gasteiger partial charge < -0.3 is 5.32 Å². The molecule has 0 atom stereocenters. The number of hydrogen-bond donors (Lipinski definition) is 2. The van der Waals surface area contributed by atoms with Gasteiger partial charge in [-0.25, -0.2) is 22.5 Å². The molecule has 0 saturated carbocycles. The number of carbonyl (C=O) groups is 1. The third-order valence-electron chi connectivity index (χ3n) is 5.82. The minimum atomic E-state index is -3.19. The van der Waals surface area contributed by atoms with Gasteiger partial charge in [0.1, 0.15) is 5.82 Å². The normalized spacial score (nSPS) is 19.2. The molecular weight excluding hydrogens is 440 g/mol. The first kappa shape index (κ1) is 22.0. The highest BCUT2D eigenvalue weighted by Crippen LogP contribution is 2.39. The summed E-state index contributed by atoms with van der Waals surface area (Å²) in [6.45, 7) is 6.07. The fraction of sp³-hybridized carbons (Fsp3) is 0.550. The fourth-order valence-corrected chi connectivity index (χ4v) is 5.34. The second kappa shape index (κ2) is 8.07. The molecule has 0 aliphatic carbocycles. The van der Waals surface area contributed by atoms with E-state index >= 15 is 0 Å². The highest BCUT2D eigenvalue weighted by molar-refractivity contribution is 7.88. The zero-order chi connectivity index (χ0) is 22.4. The highest BCUT2D eigenvalue weighted by Gasteiger charge is 2.32. The van der Waals surface area contributed by atoms with Crippen molar-refractivity contribution in [2.24, 2.45) is 5.41 Å². The first-order valence-corrected chi connectivity index (χ1v) is 12.5. The average molecular weight is 467 g/mol. The predicted molar refractivity (Wildman–Crippen MR) is 120 cm³/mol. The molecule has 0 spiro atoms. The van der Waals surface area contributed by atoms with Gasteiger partial charge >= 0.3 is 6.03 Å². The fourth-order valence-electron chi connectivity index (χ4n) is 4.26. The summed E-state index contributed by atoms with van der Waals surface area (Å²) in [5.41, 5.74) is 3.01. The van der Waals surface area contributed by atoms with Gasteiger partial charge in [-0.3, -0.25) is 10.00 Å². The van der Waals surface area contributed by atoms with Crippen molar-refractivity contribution < 1.29 is 13.2 Å². The Morgan fingerprint density at radius 2 is 1.94 bits per heavy atom. The van der Waals surface area contributed by atoms with Crippen LogP contribution in [-0.2, 0) is 23.0 Å². The molecule has 2 aromatic heterocycles. The number of aromatic nitrogens is 3. The zero-order valence-electron chi connectivity index (χ0n) is 17.9. The van der Waals surface area contributed by atoms with Crippen LogP contribution in [0.3, 0.4) is 0 Å². The number of urea groups is 1. The number of sulfonamides is 1. The topological polar surface area (TPSA) is 109 Å². The molecule has 2 aliphatic heterocycles. The van der Waals surface area contributed by atoms with Crippen LogP contribution in [0, 0.1) is 5.41 Å². The minimum absolute atomic E-state index is 0.0917. The molecule has 1 fully saturated rings. The number of hydrogen-bond acceptors (Lipinski definition) is 5. The molecule has 0 aromatic carbocycles. The Labute approximate surface area is 187 Å². The summed E-state index contributed by atoms with van der Waals surface area (Å²) in [5.74, 6) is 0.391. The Bertz CT molecular complexity index is 1110. The highest BCUT2D eigenvalue weighted by atomic mass is 35.5. The zero-order valence-corrected chi connectivity index (χ0v) is 19.4. The van der Waals surface area contributed by atoms with Gasteiger partial charge in [0, 0.05) is 48.7 Å². The Kier molecular flexibility index (Phi) is 5.74. The number of carbonyl (C=O) groups excluding carboxylic acids is 1. The van der Waals surface area contributed by atoms with Crippen molar-refractivity contribution in [3.8, 4) is 11.1 Å². The lowest BCUT2D eigenvalue weighted by atomic mass is 9.89. The molecule has 4 heterocycles. The number of anilines is 1. The molecule has 168 valence electrons. The number of nitrogens with zero attached hydrogens (tertiary/aromatic N) is 4. The molecule has 9 nitrogen and oxygen atoms in total. The maximum atomic E-state index is 12.5. The molecule has 2 aromatic rings. The lowest BCUT2D eigenvalue weighted by Gasteiger charge is -2.30. The lowest BCUT2D eigenvalue weighted by Crippen LogP contribution is -2.47. The summed E-state index contributed by atoms with van der Waals surface area (Å²) in [6.07, 6.45) is 6.58. The van der Waals surface area contributed by atoms with Crippen LogP contribution in [0.25, 0.3) is 11.1 Å². The molecule has 0 bridgehead atoms. The maximum absolute atomic E-state index is 12.5. The van der Waals surface area contributed by atoms with E-state index in [-0.39, 0.29) is 17.5 Å². The van der Waals surface area contributed by atoms with E-state index in [9.17, 15) is 13.2 Å². The van der Waals surface area contributed by atoms with Crippen molar-refractivity contribution in [2.75, 3.05) is 24.7 Å². The van der Waals surface area contributed by atoms with Crippen LogP contribution in [0.5, 0.6) is 0 Å². The Hall–Kier alpha value is -2.17. The summed E-state index contributed by atoms with van der Waals surface area (Å²) in [6, 6.07) is 1.29. The van der Waals surface area contributed by atoms with Crippen LogP contribution in [0.1, 0.15) is 32.4 Å². The first-order valence-electron chi connectivity index (χ1n) is 10.3. The molecule has 31 heavy (non-hydrogen) atoms. The molecule has 4 rings (SSSR count). The molecule has 0 unspecified atom stereocenters. The maximum Gasteiger partial charge on any atom is 0.320 e. The van der Waals surface area contributed by atoms with Gasteiger partial charge in [0.2, 0.25) is 10.0 Å². The lowest BCUT2D eigenvalue weighted by molar-refractivity contribution is 0.238. The van der Waals surface area contributed by atoms with E-state index in [1.807, 2.05) is 10.9 Å². The first-order chi connectivity index (χ1) is 14.5. The summed E-state index contributed by atoms with van der Waals surface area (Å²) in [4.78, 5) is 16.7. The van der Waals surface area contributed by atoms with Crippen LogP contribution in [0.2, 0.25) is 5.02 Å². The van der Waals surface area contributed by atoms with Gasteiger partial charge in [-0.05, 0) is 30.7 Å². The Morgan fingerprint density at radius 1 is 1.23 bits per heavy atom.